The summed E-state index contributed by atoms with van der Waals surface area (Å²) in [5, 5.41) is 3.07. The molecule has 0 saturated carbocycles. The largest absolute Gasteiger partial charge is 0.495 e. The molecule has 0 aromatic heterocycles. The molecular weight excluding hydrogens is 251 g/mol. The first kappa shape index (κ1) is 15.0. The third kappa shape index (κ3) is 4.64. The van der Waals surface area contributed by atoms with Gasteiger partial charge in [-0.25, -0.2) is 4.39 Å². The highest BCUT2D eigenvalue weighted by Crippen LogP contribution is 2.28. The second-order valence-corrected chi connectivity index (χ2v) is 5.04. The standard InChI is InChI=1S/C13H21FN2OS/c1-17-13-9-12(10(14)8-11(13)15)16-6-4-3-5-7-18-2/h8-9,16H,3-7,15H2,1-2H3. The predicted molar refractivity (Wildman–Crippen MR) is 78.1 cm³/mol. The molecule has 5 heteroatoms. The Morgan fingerprint density at radius 1 is 1.33 bits per heavy atom. The van der Waals surface area contributed by atoms with Crippen molar-refractivity contribution in [3.05, 3.63) is 17.9 Å². The maximum atomic E-state index is 13.6. The minimum absolute atomic E-state index is 0.320. The number of thioether (sulfide) groups is 1. The Balaban J connectivity index is 2.42. The van der Waals surface area contributed by atoms with E-state index in [1.54, 1.807) is 6.07 Å². The zero-order chi connectivity index (χ0) is 13.4. The van der Waals surface area contributed by atoms with Gasteiger partial charge in [0.15, 0.2) is 0 Å². The number of nitrogens with one attached hydrogen (secondary N) is 1. The van der Waals surface area contributed by atoms with Gasteiger partial charge in [0.05, 0.1) is 18.5 Å². The Hall–Kier alpha value is -1.10. The van der Waals surface area contributed by atoms with Crippen molar-refractivity contribution in [1.29, 1.82) is 0 Å². The number of nitrogen functional groups attached to an aromatic ring is 1. The lowest BCUT2D eigenvalue weighted by atomic mass is 10.2. The third-order valence-electron chi connectivity index (χ3n) is 2.66. The van der Waals surface area contributed by atoms with Crippen molar-refractivity contribution in [3.63, 3.8) is 0 Å². The minimum Gasteiger partial charge on any atom is -0.495 e. The zero-order valence-corrected chi connectivity index (χ0v) is 11.8. The van der Waals surface area contributed by atoms with Crippen molar-refractivity contribution in [2.45, 2.75) is 19.3 Å². The number of hydrogen-bond acceptors (Lipinski definition) is 4. The number of ether oxygens (including phenoxy) is 1. The van der Waals surface area contributed by atoms with E-state index in [2.05, 4.69) is 11.6 Å². The van der Waals surface area contributed by atoms with Crippen LogP contribution in [0.25, 0.3) is 0 Å². The van der Waals surface area contributed by atoms with Gasteiger partial charge in [-0.2, -0.15) is 11.8 Å². The smallest absolute Gasteiger partial charge is 0.148 e. The molecule has 0 bridgehead atoms. The van der Waals surface area contributed by atoms with Crippen LogP contribution in [-0.4, -0.2) is 25.7 Å². The van der Waals surface area contributed by atoms with E-state index in [1.807, 2.05) is 11.8 Å². The summed E-state index contributed by atoms with van der Waals surface area (Å²) in [5.74, 6) is 1.35. The van der Waals surface area contributed by atoms with Crippen LogP contribution in [0.3, 0.4) is 0 Å². The summed E-state index contributed by atoms with van der Waals surface area (Å²) in [7, 11) is 1.52. The molecule has 1 aromatic carbocycles. The van der Waals surface area contributed by atoms with Gasteiger partial charge in [-0.05, 0) is 24.9 Å². The molecule has 3 nitrogen and oxygen atoms in total. The van der Waals surface area contributed by atoms with Crippen LogP contribution in [0.5, 0.6) is 5.75 Å². The van der Waals surface area contributed by atoms with Crippen LogP contribution in [-0.2, 0) is 0 Å². The molecule has 0 aliphatic carbocycles. The van der Waals surface area contributed by atoms with Crippen molar-refractivity contribution in [1.82, 2.24) is 0 Å². The molecule has 0 amide bonds. The molecule has 1 rings (SSSR count). The van der Waals surface area contributed by atoms with Crippen LogP contribution in [0.2, 0.25) is 0 Å². The first-order valence-corrected chi connectivity index (χ1v) is 7.44. The fourth-order valence-corrected chi connectivity index (χ4v) is 2.15. The molecule has 0 radical (unpaired) electrons. The molecule has 1 aromatic rings. The van der Waals surface area contributed by atoms with Gasteiger partial charge in [0, 0.05) is 18.7 Å². The summed E-state index contributed by atoms with van der Waals surface area (Å²) in [5.41, 5.74) is 6.39. The van der Waals surface area contributed by atoms with Crippen LogP contribution in [0.4, 0.5) is 15.8 Å². The van der Waals surface area contributed by atoms with Crippen molar-refractivity contribution in [3.8, 4) is 5.75 Å². The molecule has 102 valence electrons. The zero-order valence-electron chi connectivity index (χ0n) is 11.0. The van der Waals surface area contributed by atoms with Gasteiger partial charge >= 0.3 is 0 Å². The summed E-state index contributed by atoms with van der Waals surface area (Å²) >= 11 is 1.85. The number of methoxy groups -OCH3 is 1. The Morgan fingerprint density at radius 3 is 2.78 bits per heavy atom. The highest BCUT2D eigenvalue weighted by Gasteiger charge is 2.07. The average molecular weight is 272 g/mol. The summed E-state index contributed by atoms with van der Waals surface area (Å²) in [6, 6.07) is 2.89. The highest BCUT2D eigenvalue weighted by molar-refractivity contribution is 7.98. The quantitative estimate of drug-likeness (QED) is 0.563. The Labute approximate surface area is 112 Å². The molecule has 0 unspecified atom stereocenters. The molecule has 0 fully saturated rings. The number of rotatable bonds is 8. The van der Waals surface area contributed by atoms with E-state index in [0.29, 0.717) is 17.1 Å². The lowest BCUT2D eigenvalue weighted by Crippen LogP contribution is -2.05. The predicted octanol–water partition coefficient (Wildman–Crippen LogP) is 3.36. The number of hydrogen-bond donors (Lipinski definition) is 2. The molecular formula is C13H21FN2OS. The fraction of sp³-hybridized carbons (Fsp3) is 0.538. The van der Waals surface area contributed by atoms with E-state index < -0.39 is 0 Å². The molecule has 0 aliphatic rings. The lowest BCUT2D eigenvalue weighted by molar-refractivity contribution is 0.416. The van der Waals surface area contributed by atoms with Gasteiger partial charge in [0.25, 0.3) is 0 Å². The van der Waals surface area contributed by atoms with E-state index in [9.17, 15) is 4.39 Å². The molecule has 0 aliphatic heterocycles. The lowest BCUT2D eigenvalue weighted by Gasteiger charge is -2.11. The van der Waals surface area contributed by atoms with Crippen molar-refractivity contribution in [2.24, 2.45) is 0 Å². The molecule has 0 atom stereocenters. The van der Waals surface area contributed by atoms with Gasteiger partial charge in [-0.15, -0.1) is 0 Å². The van der Waals surface area contributed by atoms with Crippen molar-refractivity contribution < 1.29 is 9.13 Å². The Morgan fingerprint density at radius 2 is 2.11 bits per heavy atom. The second kappa shape index (κ2) is 8.08. The summed E-state index contributed by atoms with van der Waals surface area (Å²) < 4.78 is 18.7. The topological polar surface area (TPSA) is 47.3 Å². The molecule has 0 heterocycles. The van der Waals surface area contributed by atoms with Gasteiger partial charge in [0.2, 0.25) is 0 Å². The minimum atomic E-state index is -0.336. The number of nitrogens with two attached hydrogens (primary N) is 1. The van der Waals surface area contributed by atoms with Gasteiger partial charge in [0.1, 0.15) is 11.6 Å². The maximum Gasteiger partial charge on any atom is 0.148 e. The average Bonchev–Trinajstić information content (AvgIpc) is 2.36. The Bertz CT molecular complexity index is 374. The molecule has 0 spiro atoms. The van der Waals surface area contributed by atoms with Gasteiger partial charge < -0.3 is 15.8 Å². The van der Waals surface area contributed by atoms with Gasteiger partial charge in [-0.3, -0.25) is 0 Å². The van der Waals surface area contributed by atoms with Crippen molar-refractivity contribution in [2.75, 3.05) is 36.7 Å². The maximum absolute atomic E-state index is 13.6. The van der Waals surface area contributed by atoms with Gasteiger partial charge in [-0.1, -0.05) is 6.42 Å². The Kier molecular flexibility index (Phi) is 6.72. The van der Waals surface area contributed by atoms with Crippen molar-refractivity contribution >= 4 is 23.1 Å². The van der Waals surface area contributed by atoms with Crippen LogP contribution in [0.15, 0.2) is 12.1 Å². The number of benzene rings is 1. The SMILES string of the molecule is COc1cc(NCCCCCSC)c(F)cc1N. The molecule has 0 saturated heterocycles. The van der Waals surface area contributed by atoms with E-state index in [1.165, 1.54) is 25.3 Å². The molecule has 18 heavy (non-hydrogen) atoms. The fourth-order valence-electron chi connectivity index (χ4n) is 1.65. The van der Waals surface area contributed by atoms with E-state index in [4.69, 9.17) is 10.5 Å². The third-order valence-corrected chi connectivity index (χ3v) is 3.36. The molecule has 3 N–H and O–H groups in total. The number of halogens is 1. The summed E-state index contributed by atoms with van der Waals surface area (Å²) in [6.45, 7) is 0.762. The summed E-state index contributed by atoms with van der Waals surface area (Å²) in [6.07, 6.45) is 5.50. The van der Waals surface area contributed by atoms with E-state index in [0.717, 1.165) is 19.4 Å². The van der Waals surface area contributed by atoms with Crippen LogP contribution in [0, 0.1) is 5.82 Å². The van der Waals surface area contributed by atoms with E-state index in [-0.39, 0.29) is 5.82 Å². The second-order valence-electron chi connectivity index (χ2n) is 4.05. The van der Waals surface area contributed by atoms with Crippen LogP contribution < -0.4 is 15.8 Å². The number of unbranched alkanes of at least 4 members (excludes halogenated alkanes) is 2. The highest BCUT2D eigenvalue weighted by atomic mass is 32.2. The normalized spacial score (nSPS) is 10.4. The summed E-state index contributed by atoms with van der Waals surface area (Å²) in [4.78, 5) is 0. The first-order valence-electron chi connectivity index (χ1n) is 6.05. The van der Waals surface area contributed by atoms with Crippen LogP contribution in [0.1, 0.15) is 19.3 Å². The monoisotopic (exact) mass is 272 g/mol. The van der Waals surface area contributed by atoms with Crippen LogP contribution >= 0.6 is 11.8 Å². The first-order chi connectivity index (χ1) is 8.69. The van der Waals surface area contributed by atoms with E-state index >= 15 is 0 Å². The number of anilines is 2.